The van der Waals surface area contributed by atoms with Gasteiger partial charge in [0.15, 0.2) is 6.61 Å². The number of carbonyl (C=O) groups excluding carboxylic acids is 1. The molecule has 3 aromatic carbocycles. The average Bonchev–Trinajstić information content (AvgIpc) is 2.93. The van der Waals surface area contributed by atoms with Crippen LogP contribution in [-0.2, 0) is 30.4 Å². The molecule has 5 rings (SSSR count). The lowest BCUT2D eigenvalue weighted by Crippen LogP contribution is -2.69. The molecule has 8 heteroatoms. The van der Waals surface area contributed by atoms with E-state index in [0.717, 1.165) is 16.7 Å². The Labute approximate surface area is 226 Å². The van der Waals surface area contributed by atoms with Crippen LogP contribution in [0.15, 0.2) is 84.9 Å². The molecule has 2 atom stereocenters. The van der Waals surface area contributed by atoms with E-state index in [1.54, 1.807) is 12.1 Å². The number of carbonyl (C=O) groups is 2. The number of benzene rings is 3. The van der Waals surface area contributed by atoms with Gasteiger partial charge in [0.05, 0.1) is 19.0 Å². The van der Waals surface area contributed by atoms with E-state index in [1.165, 1.54) is 11.8 Å². The van der Waals surface area contributed by atoms with Crippen molar-refractivity contribution in [1.82, 2.24) is 5.32 Å². The number of hydrogen-bond donors (Lipinski definition) is 2. The van der Waals surface area contributed by atoms with Crippen LogP contribution in [0.2, 0.25) is 0 Å². The summed E-state index contributed by atoms with van der Waals surface area (Å²) in [6.07, 6.45) is 0. The second-order valence-electron chi connectivity index (χ2n) is 10.4. The molecule has 0 aliphatic carbocycles. The van der Waals surface area contributed by atoms with Gasteiger partial charge < -0.3 is 24.6 Å². The summed E-state index contributed by atoms with van der Waals surface area (Å²) in [5, 5.41) is 11.7. The number of aliphatic carboxylic acids is 1. The van der Waals surface area contributed by atoms with Crippen molar-refractivity contribution >= 4 is 23.6 Å². The highest BCUT2D eigenvalue weighted by Crippen LogP contribution is 2.48. The summed E-state index contributed by atoms with van der Waals surface area (Å²) < 4.78 is 18.2. The van der Waals surface area contributed by atoms with E-state index in [0.29, 0.717) is 24.7 Å². The molecular weight excluding hydrogens is 502 g/mol. The molecule has 0 saturated carbocycles. The van der Waals surface area contributed by atoms with Crippen molar-refractivity contribution in [3.8, 4) is 5.75 Å². The quantitative estimate of drug-likeness (QED) is 0.390. The fraction of sp³-hybridized carbons (Fsp3) is 0.333. The number of β-lactam (4-membered cyclic amide) rings is 1. The zero-order chi connectivity index (χ0) is 26.8. The molecule has 0 spiro atoms. The normalized spacial score (nSPS) is 23.6. The van der Waals surface area contributed by atoms with Crippen LogP contribution in [0, 0.1) is 5.41 Å². The lowest BCUT2D eigenvalue weighted by atomic mass is 9.74. The van der Waals surface area contributed by atoms with Gasteiger partial charge in [0.1, 0.15) is 16.5 Å². The van der Waals surface area contributed by atoms with Crippen LogP contribution in [0.1, 0.15) is 30.5 Å². The Morgan fingerprint density at radius 3 is 2.03 bits per heavy atom. The van der Waals surface area contributed by atoms with Gasteiger partial charge in [-0.05, 0) is 23.3 Å². The third-order valence-electron chi connectivity index (χ3n) is 6.90. The fourth-order valence-corrected chi connectivity index (χ4v) is 6.36. The van der Waals surface area contributed by atoms with Crippen molar-refractivity contribution in [3.63, 3.8) is 0 Å². The molecule has 2 N–H and O–H groups in total. The van der Waals surface area contributed by atoms with Crippen molar-refractivity contribution < 1.29 is 28.9 Å². The van der Waals surface area contributed by atoms with E-state index in [-0.39, 0.29) is 11.3 Å². The lowest BCUT2D eigenvalue weighted by molar-refractivity contribution is -0.295. The predicted octanol–water partition coefficient (Wildman–Crippen LogP) is 4.55. The maximum absolute atomic E-state index is 13.2. The molecule has 3 aromatic rings. The standard InChI is InChI=1S/C30H31NO6S/c1-28(2)18-36-29(37-19-28,21-9-5-3-6-10-21)20-38-26-27(34)31-30(26,22-11-7-4-8-12-22)23-13-15-24(16-14-23)35-17-25(32)33/h3-16,26H,17-20H2,1-2H3,(H,31,34)(H,32,33)/t26-,30+/m0/s1. The van der Waals surface area contributed by atoms with Crippen molar-refractivity contribution in [2.45, 2.75) is 30.4 Å². The van der Waals surface area contributed by atoms with E-state index in [9.17, 15) is 9.59 Å². The van der Waals surface area contributed by atoms with Crippen molar-refractivity contribution in [2.24, 2.45) is 5.41 Å². The molecule has 198 valence electrons. The average molecular weight is 534 g/mol. The molecule has 2 saturated heterocycles. The number of amides is 1. The van der Waals surface area contributed by atoms with Crippen LogP contribution in [0.3, 0.4) is 0 Å². The largest absolute Gasteiger partial charge is 0.482 e. The second-order valence-corrected chi connectivity index (χ2v) is 11.5. The summed E-state index contributed by atoms with van der Waals surface area (Å²) in [4.78, 5) is 24.0. The Kier molecular flexibility index (Phi) is 7.22. The zero-order valence-corrected chi connectivity index (χ0v) is 22.2. The summed E-state index contributed by atoms with van der Waals surface area (Å²) in [6.45, 7) is 4.88. The molecule has 2 heterocycles. The Morgan fingerprint density at radius 1 is 0.921 bits per heavy atom. The van der Waals surface area contributed by atoms with E-state index < -0.39 is 29.2 Å². The second kappa shape index (κ2) is 10.4. The van der Waals surface area contributed by atoms with Crippen LogP contribution < -0.4 is 10.1 Å². The van der Waals surface area contributed by atoms with Gasteiger partial charge in [0.2, 0.25) is 11.7 Å². The molecule has 2 aliphatic heterocycles. The summed E-state index contributed by atoms with van der Waals surface area (Å²) in [5.41, 5.74) is 1.88. The first-order valence-corrected chi connectivity index (χ1v) is 13.6. The minimum atomic E-state index is -1.04. The molecule has 0 radical (unpaired) electrons. The maximum Gasteiger partial charge on any atom is 0.341 e. The van der Waals surface area contributed by atoms with E-state index in [4.69, 9.17) is 19.3 Å². The number of carboxylic acids is 1. The molecule has 38 heavy (non-hydrogen) atoms. The van der Waals surface area contributed by atoms with Gasteiger partial charge in [-0.15, -0.1) is 11.8 Å². The minimum Gasteiger partial charge on any atom is -0.482 e. The Hall–Kier alpha value is -3.33. The highest BCUT2D eigenvalue weighted by molar-refractivity contribution is 8.00. The van der Waals surface area contributed by atoms with Gasteiger partial charge in [-0.3, -0.25) is 4.79 Å². The zero-order valence-electron chi connectivity index (χ0n) is 21.4. The topological polar surface area (TPSA) is 94.1 Å². The first-order valence-electron chi connectivity index (χ1n) is 12.5. The van der Waals surface area contributed by atoms with E-state index in [2.05, 4.69) is 19.2 Å². The number of hydrogen-bond acceptors (Lipinski definition) is 6. The third kappa shape index (κ3) is 5.04. The molecule has 0 unspecified atom stereocenters. The molecule has 0 aromatic heterocycles. The highest BCUT2D eigenvalue weighted by Gasteiger charge is 2.57. The minimum absolute atomic E-state index is 0.0654. The van der Waals surface area contributed by atoms with Crippen molar-refractivity contribution in [2.75, 3.05) is 25.6 Å². The monoisotopic (exact) mass is 533 g/mol. The highest BCUT2D eigenvalue weighted by atomic mass is 32.2. The maximum atomic E-state index is 13.2. The SMILES string of the molecule is CC1(C)COC(CS[C@H]2C(=O)N[C@]2(c2ccccc2)c2ccc(OCC(=O)O)cc2)(c2ccccc2)OC1. The molecule has 7 nitrogen and oxygen atoms in total. The van der Waals surface area contributed by atoms with Crippen LogP contribution in [0.4, 0.5) is 0 Å². The number of thioether (sulfide) groups is 1. The van der Waals surface area contributed by atoms with Gasteiger partial charge in [-0.25, -0.2) is 4.79 Å². The van der Waals surface area contributed by atoms with Gasteiger partial charge in [-0.2, -0.15) is 0 Å². The van der Waals surface area contributed by atoms with Crippen LogP contribution >= 0.6 is 11.8 Å². The summed E-state index contributed by atoms with van der Waals surface area (Å²) in [7, 11) is 0. The van der Waals surface area contributed by atoms with Crippen LogP contribution in [0.5, 0.6) is 5.75 Å². The fourth-order valence-electron chi connectivity index (χ4n) is 4.84. The first kappa shape index (κ1) is 26.3. The smallest absolute Gasteiger partial charge is 0.341 e. The number of nitrogens with one attached hydrogen (secondary N) is 1. The van der Waals surface area contributed by atoms with Gasteiger partial charge in [0.25, 0.3) is 0 Å². The Balaban J connectivity index is 1.46. The molecule has 1 amide bonds. The van der Waals surface area contributed by atoms with E-state index >= 15 is 0 Å². The molecule has 2 fully saturated rings. The predicted molar refractivity (Wildman–Crippen MR) is 145 cm³/mol. The first-order chi connectivity index (χ1) is 18.2. The van der Waals surface area contributed by atoms with Gasteiger partial charge >= 0.3 is 5.97 Å². The third-order valence-corrected chi connectivity index (χ3v) is 8.35. The van der Waals surface area contributed by atoms with E-state index in [1.807, 2.05) is 72.8 Å². The van der Waals surface area contributed by atoms with Crippen molar-refractivity contribution in [1.29, 1.82) is 0 Å². The Bertz CT molecular complexity index is 1270. The van der Waals surface area contributed by atoms with Gasteiger partial charge in [0, 0.05) is 11.0 Å². The van der Waals surface area contributed by atoms with Crippen LogP contribution in [-0.4, -0.2) is 47.8 Å². The number of carboxylic acid groups (broad SMARTS) is 1. The molecule has 0 bridgehead atoms. The van der Waals surface area contributed by atoms with Crippen LogP contribution in [0.25, 0.3) is 0 Å². The number of ether oxygens (including phenoxy) is 3. The summed E-state index contributed by atoms with van der Waals surface area (Å²) in [6, 6.07) is 27.0. The summed E-state index contributed by atoms with van der Waals surface area (Å²) in [5.74, 6) is -1.19. The van der Waals surface area contributed by atoms with Crippen molar-refractivity contribution in [3.05, 3.63) is 102 Å². The lowest BCUT2D eigenvalue weighted by Gasteiger charge is -2.51. The Morgan fingerprint density at radius 2 is 1.47 bits per heavy atom. The molecule has 2 aliphatic rings. The summed E-state index contributed by atoms with van der Waals surface area (Å²) >= 11 is 1.52. The number of rotatable bonds is 9. The van der Waals surface area contributed by atoms with Gasteiger partial charge in [-0.1, -0.05) is 86.6 Å². The molecular formula is C30H31NO6S.